The van der Waals surface area contributed by atoms with Gasteiger partial charge in [0.2, 0.25) is 0 Å². The molecule has 1 aromatic heterocycles. The van der Waals surface area contributed by atoms with Gasteiger partial charge in [0.15, 0.2) is 0 Å². The molecule has 0 saturated carbocycles. The number of H-pyrrole nitrogens is 1. The van der Waals surface area contributed by atoms with Crippen molar-refractivity contribution in [2.24, 2.45) is 0 Å². The molecule has 20 heavy (non-hydrogen) atoms. The second-order valence-electron chi connectivity index (χ2n) is 4.44. The number of aromatic nitrogens is 2. The maximum absolute atomic E-state index is 6.00. The highest BCUT2D eigenvalue weighted by Gasteiger charge is 2.03. The van der Waals surface area contributed by atoms with Crippen LogP contribution in [0, 0.1) is 0 Å². The Kier molecular flexibility index (Phi) is 4.20. The highest BCUT2D eigenvalue weighted by molar-refractivity contribution is 7.97. The predicted molar refractivity (Wildman–Crippen MR) is 87.6 cm³/mol. The Hall–Kier alpha value is -1.16. The Morgan fingerprint density at radius 3 is 2.65 bits per heavy atom. The quantitative estimate of drug-likeness (QED) is 0.705. The maximum Gasteiger partial charge on any atom is 0.117 e. The Balaban J connectivity index is 1.63. The zero-order valence-electron chi connectivity index (χ0n) is 10.6. The van der Waals surface area contributed by atoms with E-state index in [0.717, 1.165) is 28.4 Å². The van der Waals surface area contributed by atoms with Crippen LogP contribution in [0.3, 0.4) is 0 Å². The summed E-state index contributed by atoms with van der Waals surface area (Å²) in [5.74, 6) is 2.72. The summed E-state index contributed by atoms with van der Waals surface area (Å²) < 4.78 is 0. The molecule has 0 atom stereocenters. The fraction of sp³-hybridized carbons (Fsp3) is 0.133. The third-order valence-corrected chi connectivity index (χ3v) is 4.68. The number of para-hydroxylation sites is 2. The summed E-state index contributed by atoms with van der Waals surface area (Å²) in [6.07, 6.45) is 0. The number of thioether (sulfide) groups is 1. The number of halogens is 2. The van der Waals surface area contributed by atoms with Crippen molar-refractivity contribution >= 4 is 46.0 Å². The van der Waals surface area contributed by atoms with Gasteiger partial charge in [-0.3, -0.25) is 0 Å². The van der Waals surface area contributed by atoms with Gasteiger partial charge in [0, 0.05) is 5.75 Å². The Morgan fingerprint density at radius 2 is 1.85 bits per heavy atom. The van der Waals surface area contributed by atoms with Crippen molar-refractivity contribution in [3.63, 3.8) is 0 Å². The van der Waals surface area contributed by atoms with Crippen LogP contribution in [0.15, 0.2) is 42.5 Å². The van der Waals surface area contributed by atoms with Crippen molar-refractivity contribution in [2.75, 3.05) is 0 Å². The highest BCUT2D eigenvalue weighted by Crippen LogP contribution is 2.25. The second-order valence-corrected chi connectivity index (χ2v) is 6.24. The van der Waals surface area contributed by atoms with E-state index in [4.69, 9.17) is 23.2 Å². The fourth-order valence-corrected chi connectivity index (χ4v) is 3.14. The van der Waals surface area contributed by atoms with Crippen LogP contribution in [0.25, 0.3) is 11.0 Å². The van der Waals surface area contributed by atoms with E-state index in [1.807, 2.05) is 42.5 Å². The van der Waals surface area contributed by atoms with Gasteiger partial charge in [0.05, 0.1) is 26.8 Å². The number of rotatable bonds is 4. The summed E-state index contributed by atoms with van der Waals surface area (Å²) in [6.45, 7) is 0. The molecule has 0 aliphatic rings. The second kappa shape index (κ2) is 6.08. The van der Waals surface area contributed by atoms with Crippen LogP contribution in [0.1, 0.15) is 11.4 Å². The highest BCUT2D eigenvalue weighted by atomic mass is 35.5. The first-order valence-corrected chi connectivity index (χ1v) is 8.09. The number of hydrogen-bond donors (Lipinski definition) is 1. The van der Waals surface area contributed by atoms with Crippen LogP contribution in [0.5, 0.6) is 0 Å². The first-order valence-electron chi connectivity index (χ1n) is 6.18. The number of nitrogens with one attached hydrogen (secondary N) is 1. The van der Waals surface area contributed by atoms with E-state index >= 15 is 0 Å². The molecule has 3 aromatic rings. The minimum atomic E-state index is 0.595. The van der Waals surface area contributed by atoms with Gasteiger partial charge in [-0.1, -0.05) is 41.4 Å². The number of aromatic amines is 1. The lowest BCUT2D eigenvalue weighted by Crippen LogP contribution is -1.86. The van der Waals surface area contributed by atoms with E-state index in [0.29, 0.717) is 10.0 Å². The van der Waals surface area contributed by atoms with Crippen molar-refractivity contribution in [1.29, 1.82) is 0 Å². The third-order valence-electron chi connectivity index (χ3n) is 2.93. The van der Waals surface area contributed by atoms with E-state index in [1.54, 1.807) is 11.8 Å². The molecular weight excluding hydrogens is 311 g/mol. The van der Waals surface area contributed by atoms with E-state index in [1.165, 1.54) is 5.56 Å². The largest absolute Gasteiger partial charge is 0.341 e. The summed E-state index contributed by atoms with van der Waals surface area (Å²) >= 11 is 13.7. The molecule has 0 aliphatic carbocycles. The molecule has 5 heteroatoms. The number of hydrogen-bond acceptors (Lipinski definition) is 2. The lowest BCUT2D eigenvalue weighted by Gasteiger charge is -2.02. The van der Waals surface area contributed by atoms with Crippen molar-refractivity contribution in [3.8, 4) is 0 Å². The molecule has 0 saturated heterocycles. The minimum Gasteiger partial charge on any atom is -0.341 e. The molecule has 102 valence electrons. The van der Waals surface area contributed by atoms with Crippen LogP contribution in [-0.2, 0) is 11.5 Å². The summed E-state index contributed by atoms with van der Waals surface area (Å²) in [6, 6.07) is 13.8. The van der Waals surface area contributed by atoms with Crippen molar-refractivity contribution in [3.05, 3.63) is 63.9 Å². The molecule has 2 aromatic carbocycles. The molecule has 0 fully saturated rings. The Morgan fingerprint density at radius 1 is 1.00 bits per heavy atom. The normalized spacial score (nSPS) is 11.1. The number of nitrogens with zero attached hydrogens (tertiary/aromatic N) is 1. The first kappa shape index (κ1) is 13.8. The average Bonchev–Trinajstić information content (AvgIpc) is 2.85. The van der Waals surface area contributed by atoms with Crippen LogP contribution < -0.4 is 0 Å². The SMILES string of the molecule is Clc1ccc(CSCc2nc3ccccc3[nH]2)cc1Cl. The van der Waals surface area contributed by atoms with Crippen LogP contribution >= 0.6 is 35.0 Å². The molecule has 0 spiro atoms. The summed E-state index contributed by atoms with van der Waals surface area (Å²) in [7, 11) is 0. The van der Waals surface area contributed by atoms with Gasteiger partial charge < -0.3 is 4.98 Å². The molecule has 3 rings (SSSR count). The van der Waals surface area contributed by atoms with Gasteiger partial charge in [-0.2, -0.15) is 0 Å². The van der Waals surface area contributed by atoms with Crippen LogP contribution in [-0.4, -0.2) is 9.97 Å². The van der Waals surface area contributed by atoms with E-state index in [9.17, 15) is 0 Å². The number of benzene rings is 2. The number of fused-ring (bicyclic) bond motifs is 1. The van der Waals surface area contributed by atoms with E-state index in [2.05, 4.69) is 9.97 Å². The van der Waals surface area contributed by atoms with Gasteiger partial charge in [0.1, 0.15) is 5.82 Å². The molecule has 0 unspecified atom stereocenters. The molecule has 0 bridgehead atoms. The van der Waals surface area contributed by atoms with Crippen molar-refractivity contribution < 1.29 is 0 Å². The molecular formula is C15H12Cl2N2S. The lowest BCUT2D eigenvalue weighted by atomic mass is 10.2. The van der Waals surface area contributed by atoms with Gasteiger partial charge >= 0.3 is 0 Å². The fourth-order valence-electron chi connectivity index (χ4n) is 1.97. The Labute approximate surface area is 131 Å². The van der Waals surface area contributed by atoms with E-state index < -0.39 is 0 Å². The standard InChI is InChI=1S/C15H12Cl2N2S/c16-11-6-5-10(7-12(11)17)8-20-9-15-18-13-3-1-2-4-14(13)19-15/h1-7H,8-9H2,(H,18,19). The van der Waals surface area contributed by atoms with Crippen LogP contribution in [0.4, 0.5) is 0 Å². The van der Waals surface area contributed by atoms with Gasteiger partial charge in [0.25, 0.3) is 0 Å². The Bertz CT molecular complexity index is 707. The van der Waals surface area contributed by atoms with E-state index in [-0.39, 0.29) is 0 Å². The third kappa shape index (κ3) is 3.11. The monoisotopic (exact) mass is 322 g/mol. The predicted octanol–water partition coefficient (Wildman–Crippen LogP) is 5.30. The smallest absolute Gasteiger partial charge is 0.117 e. The zero-order chi connectivity index (χ0) is 13.9. The molecule has 2 nitrogen and oxygen atoms in total. The summed E-state index contributed by atoms with van der Waals surface area (Å²) in [4.78, 5) is 7.88. The average molecular weight is 323 g/mol. The summed E-state index contributed by atoms with van der Waals surface area (Å²) in [5.41, 5.74) is 3.26. The minimum absolute atomic E-state index is 0.595. The summed E-state index contributed by atoms with van der Waals surface area (Å²) in [5, 5.41) is 1.20. The molecule has 0 aliphatic heterocycles. The van der Waals surface area contributed by atoms with Gasteiger partial charge in [-0.25, -0.2) is 4.98 Å². The molecule has 0 amide bonds. The first-order chi connectivity index (χ1) is 9.72. The molecule has 0 radical (unpaired) electrons. The molecule has 1 N–H and O–H groups in total. The van der Waals surface area contributed by atoms with Crippen molar-refractivity contribution in [1.82, 2.24) is 9.97 Å². The topological polar surface area (TPSA) is 28.7 Å². The molecule has 1 heterocycles. The lowest BCUT2D eigenvalue weighted by molar-refractivity contribution is 1.14. The maximum atomic E-state index is 6.00. The van der Waals surface area contributed by atoms with Gasteiger partial charge in [-0.15, -0.1) is 11.8 Å². The van der Waals surface area contributed by atoms with Crippen LogP contribution in [0.2, 0.25) is 10.0 Å². The number of imidazole rings is 1. The van der Waals surface area contributed by atoms with Crippen molar-refractivity contribution in [2.45, 2.75) is 11.5 Å². The zero-order valence-corrected chi connectivity index (χ0v) is 12.9. The van der Waals surface area contributed by atoms with Gasteiger partial charge in [-0.05, 0) is 29.8 Å².